The van der Waals surface area contributed by atoms with Gasteiger partial charge in [0.25, 0.3) is 0 Å². The number of esters is 1. The number of Topliss-reactive ketones (excluding diaryl/α,β-unsaturated/α-hetero) is 2. The summed E-state index contributed by atoms with van der Waals surface area (Å²) in [7, 11) is 0. The fraction of sp³-hybridized carbons (Fsp3) is 0.750. The highest BCUT2D eigenvalue weighted by Gasteiger charge is 2.30. The van der Waals surface area contributed by atoms with Crippen LogP contribution in [-0.4, -0.2) is 24.1 Å². The highest BCUT2D eigenvalue weighted by molar-refractivity contribution is 6.01. The second kappa shape index (κ2) is 5.77. The standard InChI is InChI=1S/C12H18O4/c1-3-16-12(15)11(8(2)13)7-10(14)6-9-4-5-9/h9,11H,3-7H2,1-2H3/t11-/m0/s1. The summed E-state index contributed by atoms with van der Waals surface area (Å²) in [6.45, 7) is 3.24. The summed E-state index contributed by atoms with van der Waals surface area (Å²) in [5, 5.41) is 0. The lowest BCUT2D eigenvalue weighted by atomic mass is 9.96. The molecule has 0 bridgehead atoms. The van der Waals surface area contributed by atoms with E-state index in [1.165, 1.54) is 6.92 Å². The molecule has 1 fully saturated rings. The first-order chi connectivity index (χ1) is 7.54. The maximum Gasteiger partial charge on any atom is 0.316 e. The second-order valence-electron chi connectivity index (χ2n) is 4.31. The Morgan fingerprint density at radius 1 is 1.31 bits per heavy atom. The van der Waals surface area contributed by atoms with Gasteiger partial charge in [0.05, 0.1) is 6.61 Å². The van der Waals surface area contributed by atoms with E-state index < -0.39 is 11.9 Å². The normalized spacial score (nSPS) is 16.6. The van der Waals surface area contributed by atoms with Gasteiger partial charge in [-0.3, -0.25) is 14.4 Å². The number of rotatable bonds is 7. The molecule has 0 amide bonds. The molecule has 0 aromatic carbocycles. The lowest BCUT2D eigenvalue weighted by molar-refractivity contribution is -0.152. The van der Waals surface area contributed by atoms with E-state index in [1.807, 2.05) is 0 Å². The zero-order chi connectivity index (χ0) is 12.1. The molecule has 0 aromatic rings. The number of ketones is 2. The van der Waals surface area contributed by atoms with E-state index >= 15 is 0 Å². The van der Waals surface area contributed by atoms with E-state index in [0.29, 0.717) is 12.3 Å². The van der Waals surface area contributed by atoms with Gasteiger partial charge >= 0.3 is 5.97 Å². The Labute approximate surface area is 95.3 Å². The SMILES string of the molecule is CCOC(=O)[C@@H](CC(=O)CC1CC1)C(C)=O. The average molecular weight is 226 g/mol. The van der Waals surface area contributed by atoms with Crippen LogP contribution >= 0.6 is 0 Å². The molecule has 0 radical (unpaired) electrons. The summed E-state index contributed by atoms with van der Waals surface area (Å²) < 4.78 is 4.77. The maximum atomic E-state index is 11.6. The molecule has 1 aliphatic carbocycles. The molecule has 90 valence electrons. The van der Waals surface area contributed by atoms with Crippen LogP contribution in [0.5, 0.6) is 0 Å². The van der Waals surface area contributed by atoms with Crippen LogP contribution in [0.3, 0.4) is 0 Å². The van der Waals surface area contributed by atoms with Gasteiger partial charge in [0.1, 0.15) is 17.5 Å². The van der Waals surface area contributed by atoms with Crippen molar-refractivity contribution in [2.45, 2.75) is 39.5 Å². The molecule has 4 nitrogen and oxygen atoms in total. The van der Waals surface area contributed by atoms with Gasteiger partial charge in [-0.2, -0.15) is 0 Å². The summed E-state index contributed by atoms with van der Waals surface area (Å²) in [5.41, 5.74) is 0. The third kappa shape index (κ3) is 4.13. The lowest BCUT2D eigenvalue weighted by Gasteiger charge is -2.11. The molecule has 1 aliphatic rings. The Morgan fingerprint density at radius 2 is 1.94 bits per heavy atom. The summed E-state index contributed by atoms with van der Waals surface area (Å²) >= 11 is 0. The molecule has 0 aromatic heterocycles. The Kier molecular flexibility index (Phi) is 4.65. The van der Waals surface area contributed by atoms with Gasteiger partial charge < -0.3 is 4.74 Å². The van der Waals surface area contributed by atoms with Gasteiger partial charge in [-0.1, -0.05) is 0 Å². The molecule has 1 saturated carbocycles. The molecule has 0 N–H and O–H groups in total. The van der Waals surface area contributed by atoms with Crippen molar-refractivity contribution in [2.75, 3.05) is 6.61 Å². The number of hydrogen-bond acceptors (Lipinski definition) is 4. The number of carbonyl (C=O) groups is 3. The summed E-state index contributed by atoms with van der Waals surface area (Å²) in [5.74, 6) is -1.27. The monoisotopic (exact) mass is 226 g/mol. The Balaban J connectivity index is 2.45. The maximum absolute atomic E-state index is 11.6. The van der Waals surface area contributed by atoms with Crippen LogP contribution in [0.1, 0.15) is 39.5 Å². The van der Waals surface area contributed by atoms with E-state index in [0.717, 1.165) is 12.8 Å². The Bertz CT molecular complexity index is 291. The molecule has 0 aliphatic heterocycles. The van der Waals surface area contributed by atoms with Gasteiger partial charge in [-0.25, -0.2) is 0 Å². The summed E-state index contributed by atoms with van der Waals surface area (Å²) in [4.78, 5) is 34.2. The quantitative estimate of drug-likeness (QED) is 0.487. The molecular weight excluding hydrogens is 208 g/mol. The van der Waals surface area contributed by atoms with Crippen molar-refractivity contribution < 1.29 is 19.1 Å². The third-order valence-electron chi connectivity index (χ3n) is 2.71. The van der Waals surface area contributed by atoms with Crippen LogP contribution in [-0.2, 0) is 19.1 Å². The third-order valence-corrected chi connectivity index (χ3v) is 2.71. The largest absolute Gasteiger partial charge is 0.465 e. The first kappa shape index (κ1) is 12.9. The molecule has 0 spiro atoms. The molecule has 0 heterocycles. The Morgan fingerprint density at radius 3 is 2.38 bits per heavy atom. The van der Waals surface area contributed by atoms with Crippen LogP contribution in [0.15, 0.2) is 0 Å². The fourth-order valence-electron chi connectivity index (χ4n) is 1.59. The van der Waals surface area contributed by atoms with Gasteiger partial charge in [0.2, 0.25) is 0 Å². The predicted octanol–water partition coefficient (Wildman–Crippen LogP) is 1.51. The van der Waals surface area contributed by atoms with Crippen molar-refractivity contribution >= 4 is 17.5 Å². The van der Waals surface area contributed by atoms with Gasteiger partial charge in [-0.05, 0) is 32.6 Å². The molecule has 4 heteroatoms. The van der Waals surface area contributed by atoms with Gasteiger partial charge in [0, 0.05) is 12.8 Å². The summed E-state index contributed by atoms with van der Waals surface area (Å²) in [6.07, 6.45) is 2.69. The van der Waals surface area contributed by atoms with E-state index in [9.17, 15) is 14.4 Å². The minimum Gasteiger partial charge on any atom is -0.465 e. The van der Waals surface area contributed by atoms with Crippen molar-refractivity contribution in [1.29, 1.82) is 0 Å². The molecule has 1 rings (SSSR count). The fourth-order valence-corrected chi connectivity index (χ4v) is 1.59. The van der Waals surface area contributed by atoms with Crippen molar-refractivity contribution in [1.82, 2.24) is 0 Å². The number of hydrogen-bond donors (Lipinski definition) is 0. The van der Waals surface area contributed by atoms with Crippen molar-refractivity contribution in [3.8, 4) is 0 Å². The van der Waals surface area contributed by atoms with Gasteiger partial charge in [-0.15, -0.1) is 0 Å². The number of carbonyl (C=O) groups excluding carboxylic acids is 3. The zero-order valence-electron chi connectivity index (χ0n) is 9.82. The van der Waals surface area contributed by atoms with E-state index in [-0.39, 0.29) is 24.6 Å². The van der Waals surface area contributed by atoms with E-state index in [4.69, 9.17) is 4.74 Å². The zero-order valence-corrected chi connectivity index (χ0v) is 9.82. The first-order valence-electron chi connectivity index (χ1n) is 5.73. The topological polar surface area (TPSA) is 60.4 Å². The highest BCUT2D eigenvalue weighted by Crippen LogP contribution is 2.33. The minimum atomic E-state index is -0.897. The van der Waals surface area contributed by atoms with Crippen molar-refractivity contribution in [3.05, 3.63) is 0 Å². The van der Waals surface area contributed by atoms with E-state index in [2.05, 4.69) is 0 Å². The second-order valence-corrected chi connectivity index (χ2v) is 4.31. The number of ether oxygens (including phenoxy) is 1. The van der Waals surface area contributed by atoms with Crippen LogP contribution in [0.25, 0.3) is 0 Å². The molecule has 0 unspecified atom stereocenters. The molecule has 1 atom stereocenters. The van der Waals surface area contributed by atoms with Crippen LogP contribution in [0.2, 0.25) is 0 Å². The minimum absolute atomic E-state index is 0.00393. The molecule has 16 heavy (non-hydrogen) atoms. The molecule has 0 saturated heterocycles. The van der Waals surface area contributed by atoms with Crippen LogP contribution < -0.4 is 0 Å². The molecular formula is C12H18O4. The highest BCUT2D eigenvalue weighted by atomic mass is 16.5. The van der Waals surface area contributed by atoms with Crippen LogP contribution in [0, 0.1) is 11.8 Å². The van der Waals surface area contributed by atoms with Crippen molar-refractivity contribution in [3.63, 3.8) is 0 Å². The Hall–Kier alpha value is -1.19. The summed E-state index contributed by atoms with van der Waals surface area (Å²) in [6, 6.07) is 0. The van der Waals surface area contributed by atoms with Gasteiger partial charge in [0.15, 0.2) is 0 Å². The lowest BCUT2D eigenvalue weighted by Crippen LogP contribution is -2.27. The van der Waals surface area contributed by atoms with E-state index in [1.54, 1.807) is 6.92 Å². The average Bonchev–Trinajstić information content (AvgIpc) is 2.97. The van der Waals surface area contributed by atoms with Crippen LogP contribution in [0.4, 0.5) is 0 Å². The smallest absolute Gasteiger partial charge is 0.316 e. The predicted molar refractivity (Wildman–Crippen MR) is 57.8 cm³/mol. The van der Waals surface area contributed by atoms with Crippen molar-refractivity contribution in [2.24, 2.45) is 11.8 Å². The first-order valence-corrected chi connectivity index (χ1v) is 5.73.